The van der Waals surface area contributed by atoms with Gasteiger partial charge in [-0.15, -0.1) is 0 Å². The van der Waals surface area contributed by atoms with Gasteiger partial charge in [-0.3, -0.25) is 9.10 Å². The summed E-state index contributed by atoms with van der Waals surface area (Å²) in [5, 5.41) is 2.91. The molecule has 2 aliphatic heterocycles. The first-order chi connectivity index (χ1) is 15.9. The summed E-state index contributed by atoms with van der Waals surface area (Å²) in [6, 6.07) is 13.1. The Hall–Kier alpha value is -2.98. The SMILES string of the molecule is CS(=O)(=O)N(CCCC(=O)NCc1ccc(N2CCOCC2)cc1)c1ccc2c(c1)OCO2. The number of hydrogen-bond donors (Lipinski definition) is 1. The van der Waals surface area contributed by atoms with Crippen LogP contribution < -0.4 is 24.0 Å². The molecule has 0 spiro atoms. The first-order valence-electron chi connectivity index (χ1n) is 11.0. The number of amides is 1. The number of morpholine rings is 1. The molecule has 1 saturated heterocycles. The summed E-state index contributed by atoms with van der Waals surface area (Å²) in [5.74, 6) is 0.981. The topological polar surface area (TPSA) is 97.4 Å². The van der Waals surface area contributed by atoms with Crippen LogP contribution in [0.3, 0.4) is 0 Å². The van der Waals surface area contributed by atoms with Crippen LogP contribution in [0, 0.1) is 0 Å². The molecule has 178 valence electrons. The molecular weight excluding hydrogens is 446 g/mol. The molecule has 0 aliphatic carbocycles. The van der Waals surface area contributed by atoms with E-state index in [-0.39, 0.29) is 25.7 Å². The van der Waals surface area contributed by atoms with Crippen LogP contribution >= 0.6 is 0 Å². The number of benzene rings is 2. The fourth-order valence-electron chi connectivity index (χ4n) is 3.85. The van der Waals surface area contributed by atoms with E-state index in [4.69, 9.17) is 14.2 Å². The molecule has 0 saturated carbocycles. The van der Waals surface area contributed by atoms with E-state index in [2.05, 4.69) is 22.3 Å². The molecular formula is C23H29N3O6S. The molecule has 2 heterocycles. The third-order valence-electron chi connectivity index (χ3n) is 5.61. The normalized spacial score (nSPS) is 15.4. The van der Waals surface area contributed by atoms with Crippen molar-refractivity contribution in [2.75, 3.05) is 55.1 Å². The zero-order chi connectivity index (χ0) is 23.3. The van der Waals surface area contributed by atoms with Crippen molar-refractivity contribution in [3.63, 3.8) is 0 Å². The molecule has 10 heteroatoms. The van der Waals surface area contributed by atoms with Gasteiger partial charge in [0.05, 0.1) is 25.2 Å². The van der Waals surface area contributed by atoms with Crippen molar-refractivity contribution in [2.45, 2.75) is 19.4 Å². The number of fused-ring (bicyclic) bond motifs is 1. The van der Waals surface area contributed by atoms with Gasteiger partial charge in [0.1, 0.15) is 0 Å². The first-order valence-corrected chi connectivity index (χ1v) is 12.8. The number of anilines is 2. The Kier molecular flexibility index (Phi) is 7.24. The standard InChI is InChI=1S/C23H29N3O6S/c1-33(28,29)26(20-8-9-21-22(15-20)32-17-31-21)10-2-3-23(27)24-16-18-4-6-19(7-5-18)25-11-13-30-14-12-25/h4-9,15H,2-3,10-14,16-17H2,1H3,(H,24,27). The van der Waals surface area contributed by atoms with Gasteiger partial charge in [0.15, 0.2) is 11.5 Å². The van der Waals surface area contributed by atoms with Crippen LogP contribution in [0.25, 0.3) is 0 Å². The number of carbonyl (C=O) groups is 1. The maximum absolute atomic E-state index is 12.3. The van der Waals surface area contributed by atoms with E-state index in [1.165, 1.54) is 4.31 Å². The second-order valence-electron chi connectivity index (χ2n) is 8.02. The average Bonchev–Trinajstić information content (AvgIpc) is 3.28. The average molecular weight is 476 g/mol. The highest BCUT2D eigenvalue weighted by atomic mass is 32.2. The van der Waals surface area contributed by atoms with Crippen molar-refractivity contribution in [3.8, 4) is 11.5 Å². The van der Waals surface area contributed by atoms with Crippen LogP contribution in [-0.2, 0) is 26.1 Å². The van der Waals surface area contributed by atoms with Gasteiger partial charge in [-0.2, -0.15) is 0 Å². The molecule has 0 bridgehead atoms. The molecule has 0 radical (unpaired) electrons. The molecule has 2 aromatic rings. The predicted octanol–water partition coefficient (Wildman–Crippen LogP) is 2.11. The number of nitrogens with zero attached hydrogens (tertiary/aromatic N) is 2. The number of rotatable bonds is 9. The maximum atomic E-state index is 12.3. The van der Waals surface area contributed by atoms with E-state index in [1.54, 1.807) is 18.2 Å². The highest BCUT2D eigenvalue weighted by Crippen LogP contribution is 2.36. The van der Waals surface area contributed by atoms with Crippen LogP contribution in [0.2, 0.25) is 0 Å². The van der Waals surface area contributed by atoms with Crippen molar-refractivity contribution in [1.29, 1.82) is 0 Å². The fourth-order valence-corrected chi connectivity index (χ4v) is 4.80. The Morgan fingerprint density at radius 1 is 1.06 bits per heavy atom. The second-order valence-corrected chi connectivity index (χ2v) is 9.93. The van der Waals surface area contributed by atoms with Gasteiger partial charge in [-0.05, 0) is 36.2 Å². The molecule has 0 atom stereocenters. The van der Waals surface area contributed by atoms with Crippen LogP contribution in [0.15, 0.2) is 42.5 Å². The summed E-state index contributed by atoms with van der Waals surface area (Å²) in [4.78, 5) is 14.6. The summed E-state index contributed by atoms with van der Waals surface area (Å²) in [6.45, 7) is 3.99. The molecule has 33 heavy (non-hydrogen) atoms. The zero-order valence-electron chi connectivity index (χ0n) is 18.7. The van der Waals surface area contributed by atoms with E-state index in [0.717, 1.165) is 43.8 Å². The molecule has 1 fully saturated rings. The van der Waals surface area contributed by atoms with E-state index >= 15 is 0 Å². The number of hydrogen-bond acceptors (Lipinski definition) is 7. The molecule has 1 N–H and O–H groups in total. The molecule has 0 unspecified atom stereocenters. The second kappa shape index (κ2) is 10.3. The molecule has 1 amide bonds. The van der Waals surface area contributed by atoms with E-state index in [9.17, 15) is 13.2 Å². The van der Waals surface area contributed by atoms with E-state index in [0.29, 0.717) is 30.2 Å². The smallest absolute Gasteiger partial charge is 0.232 e. The minimum absolute atomic E-state index is 0.119. The van der Waals surface area contributed by atoms with Crippen LogP contribution in [-0.4, -0.2) is 60.2 Å². The summed E-state index contributed by atoms with van der Waals surface area (Å²) in [7, 11) is -3.51. The van der Waals surface area contributed by atoms with Crippen LogP contribution in [0.5, 0.6) is 11.5 Å². The highest BCUT2D eigenvalue weighted by Gasteiger charge is 2.21. The van der Waals surface area contributed by atoms with Gasteiger partial charge >= 0.3 is 0 Å². The molecule has 4 rings (SSSR count). The van der Waals surface area contributed by atoms with Crippen LogP contribution in [0.1, 0.15) is 18.4 Å². The minimum atomic E-state index is -3.51. The summed E-state index contributed by atoms with van der Waals surface area (Å²) < 4.78 is 41.9. The monoisotopic (exact) mass is 475 g/mol. The van der Waals surface area contributed by atoms with Crippen LogP contribution in [0.4, 0.5) is 11.4 Å². The van der Waals surface area contributed by atoms with Crippen molar-refractivity contribution in [1.82, 2.24) is 5.32 Å². The highest BCUT2D eigenvalue weighted by molar-refractivity contribution is 7.92. The van der Waals surface area contributed by atoms with Gasteiger partial charge in [0.25, 0.3) is 0 Å². The van der Waals surface area contributed by atoms with Gasteiger partial charge in [0.2, 0.25) is 22.7 Å². The van der Waals surface area contributed by atoms with Gasteiger partial charge < -0.3 is 24.4 Å². The Balaban J connectivity index is 1.25. The van der Waals surface area contributed by atoms with Crippen molar-refractivity contribution in [3.05, 3.63) is 48.0 Å². The largest absolute Gasteiger partial charge is 0.454 e. The van der Waals surface area contributed by atoms with Crippen molar-refractivity contribution in [2.24, 2.45) is 0 Å². The third kappa shape index (κ3) is 6.08. The molecule has 9 nitrogen and oxygen atoms in total. The van der Waals surface area contributed by atoms with Crippen molar-refractivity contribution < 1.29 is 27.4 Å². The Morgan fingerprint density at radius 2 is 1.79 bits per heavy atom. The van der Waals surface area contributed by atoms with Crippen molar-refractivity contribution >= 4 is 27.3 Å². The van der Waals surface area contributed by atoms with E-state index < -0.39 is 10.0 Å². The summed E-state index contributed by atoms with van der Waals surface area (Å²) >= 11 is 0. The minimum Gasteiger partial charge on any atom is -0.454 e. The van der Waals surface area contributed by atoms with Gasteiger partial charge in [-0.1, -0.05) is 12.1 Å². The van der Waals surface area contributed by atoms with E-state index in [1.807, 2.05) is 12.1 Å². The Bertz CT molecular complexity index is 1070. The Morgan fingerprint density at radius 3 is 2.52 bits per heavy atom. The first kappa shape index (κ1) is 23.2. The molecule has 2 aliphatic rings. The lowest BCUT2D eigenvalue weighted by molar-refractivity contribution is -0.121. The predicted molar refractivity (Wildman–Crippen MR) is 125 cm³/mol. The lowest BCUT2D eigenvalue weighted by Crippen LogP contribution is -2.36. The number of carbonyl (C=O) groups excluding carboxylic acids is 1. The van der Waals surface area contributed by atoms with Gasteiger partial charge in [0, 0.05) is 44.4 Å². The Labute approximate surface area is 194 Å². The summed E-state index contributed by atoms with van der Waals surface area (Å²) in [6.07, 6.45) is 1.77. The quantitative estimate of drug-likeness (QED) is 0.593. The fraction of sp³-hybridized carbons (Fsp3) is 0.435. The third-order valence-corrected chi connectivity index (χ3v) is 6.81. The number of sulfonamides is 1. The molecule has 2 aromatic carbocycles. The number of nitrogens with one attached hydrogen (secondary N) is 1. The zero-order valence-corrected chi connectivity index (χ0v) is 19.5. The maximum Gasteiger partial charge on any atom is 0.232 e. The molecule has 0 aromatic heterocycles. The lowest BCUT2D eigenvalue weighted by Gasteiger charge is -2.28. The van der Waals surface area contributed by atoms with Gasteiger partial charge in [-0.25, -0.2) is 8.42 Å². The lowest BCUT2D eigenvalue weighted by atomic mass is 10.2. The number of ether oxygens (including phenoxy) is 3. The summed E-state index contributed by atoms with van der Waals surface area (Å²) in [5.41, 5.74) is 2.65.